The molecule has 2 aromatic carbocycles. The molecule has 0 radical (unpaired) electrons. The van der Waals surface area contributed by atoms with Gasteiger partial charge in [-0.1, -0.05) is 13.8 Å². The number of hydrogen-bond donors (Lipinski definition) is 3. The number of benzene rings is 2. The van der Waals surface area contributed by atoms with Gasteiger partial charge in [-0.25, -0.2) is 10.4 Å². The van der Waals surface area contributed by atoms with E-state index < -0.39 is 0 Å². The molecule has 5 rings (SSSR count). The summed E-state index contributed by atoms with van der Waals surface area (Å²) in [5, 5.41) is 14.9. The molecule has 238 valence electrons. The molecule has 0 unspecified atom stereocenters. The van der Waals surface area contributed by atoms with E-state index in [9.17, 15) is 0 Å². The smallest absolute Gasteiger partial charge is 0.124 e. The number of hydrogen-bond acceptors (Lipinski definition) is 11. The van der Waals surface area contributed by atoms with Crippen molar-refractivity contribution < 1.29 is 14.6 Å². The normalized spacial score (nSPS) is 16.1. The number of anilines is 2. The zero-order valence-electron chi connectivity index (χ0n) is 26.6. The van der Waals surface area contributed by atoms with E-state index in [1.165, 1.54) is 0 Å². The number of aliphatic hydroxyl groups excluding tert-OH is 1. The zero-order chi connectivity index (χ0) is 30.9. The summed E-state index contributed by atoms with van der Waals surface area (Å²) < 4.78 is 11.1. The highest BCUT2D eigenvalue weighted by molar-refractivity contribution is 5.82. The Bertz CT molecular complexity index is 1370. The summed E-state index contributed by atoms with van der Waals surface area (Å²) in [6, 6.07) is 12.6. The number of β-amino-alcohol motifs (C(OH)–C–C–N with tert-alkyl or cyclic N) is 1. The molecule has 3 N–H and O–H groups in total. The van der Waals surface area contributed by atoms with Crippen LogP contribution in [0.25, 0.3) is 16.6 Å². The number of fused-ring (bicyclic) bond motifs is 1. The van der Waals surface area contributed by atoms with E-state index in [2.05, 4.69) is 62.6 Å². The van der Waals surface area contributed by atoms with Crippen molar-refractivity contribution in [2.24, 2.45) is 0 Å². The number of aromatic nitrogens is 2. The van der Waals surface area contributed by atoms with Gasteiger partial charge in [-0.15, -0.1) is 0 Å². The minimum absolute atomic E-state index is 0.242. The third-order valence-corrected chi connectivity index (χ3v) is 8.24. The molecule has 11 heteroatoms. The lowest BCUT2D eigenvalue weighted by Crippen LogP contribution is -2.47. The highest BCUT2D eigenvalue weighted by Gasteiger charge is 2.19. The van der Waals surface area contributed by atoms with Crippen LogP contribution in [0.4, 0.5) is 11.4 Å². The van der Waals surface area contributed by atoms with E-state index in [1.54, 1.807) is 14.2 Å². The average molecular weight is 605 g/mol. The van der Waals surface area contributed by atoms with Gasteiger partial charge in [0.05, 0.1) is 43.8 Å². The molecular formula is C33H48N8O3. The minimum atomic E-state index is 0.242. The van der Waals surface area contributed by atoms with E-state index >= 15 is 0 Å². The molecule has 2 aliphatic rings. The van der Waals surface area contributed by atoms with Crippen LogP contribution < -0.4 is 25.1 Å². The maximum absolute atomic E-state index is 9.16. The van der Waals surface area contributed by atoms with Crippen molar-refractivity contribution in [1.82, 2.24) is 35.5 Å². The van der Waals surface area contributed by atoms with Gasteiger partial charge in [-0.2, -0.15) is 0 Å². The monoisotopic (exact) mass is 604 g/mol. The number of ether oxygens (including phenoxy) is 2. The van der Waals surface area contributed by atoms with Crippen molar-refractivity contribution in [2.45, 2.75) is 26.3 Å². The third-order valence-electron chi connectivity index (χ3n) is 8.24. The molecule has 44 heavy (non-hydrogen) atoms. The number of nitrogens with one attached hydrogen (secondary N) is 2. The number of nitrogens with zero attached hydrogens (tertiary/aromatic N) is 6. The van der Waals surface area contributed by atoms with E-state index in [1.807, 2.05) is 30.5 Å². The second-order valence-electron chi connectivity index (χ2n) is 11.7. The largest absolute Gasteiger partial charge is 0.497 e. The molecule has 1 aromatic heterocycles. The highest BCUT2D eigenvalue weighted by atomic mass is 16.5. The molecule has 0 atom stereocenters. The fraction of sp³-hybridized carbons (Fsp3) is 0.515. The van der Waals surface area contributed by atoms with Gasteiger partial charge in [0, 0.05) is 106 Å². The van der Waals surface area contributed by atoms with Crippen LogP contribution >= 0.6 is 0 Å². The van der Waals surface area contributed by atoms with Gasteiger partial charge in [-0.05, 0) is 31.2 Å². The molecule has 2 aliphatic heterocycles. The van der Waals surface area contributed by atoms with Gasteiger partial charge < -0.3 is 34.7 Å². The lowest BCUT2D eigenvalue weighted by atomic mass is 10.1. The number of aliphatic hydroxyl groups is 1. The van der Waals surface area contributed by atoms with Crippen molar-refractivity contribution >= 4 is 28.0 Å². The Hall–Kier alpha value is -3.48. The van der Waals surface area contributed by atoms with Crippen molar-refractivity contribution in [3.63, 3.8) is 0 Å². The summed E-state index contributed by atoms with van der Waals surface area (Å²) in [4.78, 5) is 16.9. The summed E-state index contributed by atoms with van der Waals surface area (Å²) in [5.41, 5.74) is 9.26. The first-order valence-corrected chi connectivity index (χ1v) is 15.7. The molecule has 3 heterocycles. The van der Waals surface area contributed by atoms with E-state index in [0.717, 1.165) is 117 Å². The van der Waals surface area contributed by atoms with Crippen molar-refractivity contribution in [3.8, 4) is 11.5 Å². The molecular weight excluding hydrogens is 556 g/mol. The van der Waals surface area contributed by atoms with Gasteiger partial charge in [0.25, 0.3) is 0 Å². The van der Waals surface area contributed by atoms with Crippen LogP contribution in [0.1, 0.15) is 26.0 Å². The molecule has 0 spiro atoms. The van der Waals surface area contributed by atoms with Crippen LogP contribution in [0.15, 0.2) is 48.8 Å². The Labute approximate surface area is 261 Å². The van der Waals surface area contributed by atoms with Crippen LogP contribution in [-0.4, -0.2) is 122 Å². The van der Waals surface area contributed by atoms with Crippen molar-refractivity contribution in [2.75, 3.05) is 91.2 Å². The fourth-order valence-corrected chi connectivity index (χ4v) is 5.75. The molecule has 11 nitrogen and oxygen atoms in total. The Balaban J connectivity index is 1.28. The second-order valence-corrected chi connectivity index (χ2v) is 11.7. The Kier molecular flexibility index (Phi) is 11.2. The Morgan fingerprint density at radius 2 is 1.66 bits per heavy atom. The summed E-state index contributed by atoms with van der Waals surface area (Å²) >= 11 is 0. The van der Waals surface area contributed by atoms with Gasteiger partial charge in [0.2, 0.25) is 0 Å². The molecule has 0 aliphatic carbocycles. The van der Waals surface area contributed by atoms with E-state index in [-0.39, 0.29) is 6.61 Å². The predicted octanol–water partition coefficient (Wildman–Crippen LogP) is 2.94. The lowest BCUT2D eigenvalue weighted by molar-refractivity contribution is 0.109. The van der Waals surface area contributed by atoms with Crippen LogP contribution in [0.2, 0.25) is 0 Å². The van der Waals surface area contributed by atoms with Crippen LogP contribution in [0.3, 0.4) is 0 Å². The minimum Gasteiger partial charge on any atom is -0.497 e. The third kappa shape index (κ3) is 8.36. The quantitative estimate of drug-likeness (QED) is 0.239. The van der Waals surface area contributed by atoms with Gasteiger partial charge in [0.1, 0.15) is 11.5 Å². The van der Waals surface area contributed by atoms with Crippen molar-refractivity contribution in [1.29, 1.82) is 0 Å². The molecule has 3 aromatic rings. The Morgan fingerprint density at radius 3 is 2.34 bits per heavy atom. The number of piperazine rings is 1. The molecule has 1 fully saturated rings. The standard InChI is InChI=1S/C33H48N8O3/c1-25(2)34-8-11-41(28-18-29(43-3)21-30(19-28)44-4)27-6-7-31-32(20-27)37-33(23-35-31)26-22-36-40(24-26)10-5-9-38-12-14-39(15-13-38)16-17-42/h6-7,18-21,23-25,34,36,42H,5,8-17,22H2,1-4H3. The van der Waals surface area contributed by atoms with E-state index in [0.29, 0.717) is 6.04 Å². The lowest BCUT2D eigenvalue weighted by Gasteiger charge is -2.34. The van der Waals surface area contributed by atoms with Gasteiger partial charge in [0.15, 0.2) is 0 Å². The topological polar surface area (TPSA) is 101 Å². The zero-order valence-corrected chi connectivity index (χ0v) is 26.6. The number of methoxy groups -OCH3 is 2. The Morgan fingerprint density at radius 1 is 0.932 bits per heavy atom. The second kappa shape index (κ2) is 15.5. The maximum Gasteiger partial charge on any atom is 0.124 e. The van der Waals surface area contributed by atoms with Crippen LogP contribution in [0, 0.1) is 0 Å². The first-order valence-electron chi connectivity index (χ1n) is 15.7. The molecule has 1 saturated heterocycles. The average Bonchev–Trinajstić information content (AvgIpc) is 3.52. The summed E-state index contributed by atoms with van der Waals surface area (Å²) in [5.74, 6) is 1.49. The first kappa shape index (κ1) is 31.9. The SMILES string of the molecule is COc1cc(OC)cc(N(CCNC(C)C)c2ccc3ncc(C4=CN(CCCN5CCN(CCO)CC5)NC4)nc3c2)c1. The maximum atomic E-state index is 9.16. The highest BCUT2D eigenvalue weighted by Crippen LogP contribution is 2.34. The summed E-state index contributed by atoms with van der Waals surface area (Å²) in [6.45, 7) is 13.9. The summed E-state index contributed by atoms with van der Waals surface area (Å²) in [7, 11) is 3.35. The fourth-order valence-electron chi connectivity index (χ4n) is 5.75. The van der Waals surface area contributed by atoms with E-state index in [4.69, 9.17) is 24.5 Å². The van der Waals surface area contributed by atoms with Crippen molar-refractivity contribution in [3.05, 3.63) is 54.5 Å². The van der Waals surface area contributed by atoms with Crippen LogP contribution in [0.5, 0.6) is 11.5 Å². The first-order chi connectivity index (χ1) is 21.4. The molecule has 0 amide bonds. The molecule has 0 bridgehead atoms. The predicted molar refractivity (Wildman–Crippen MR) is 176 cm³/mol. The van der Waals surface area contributed by atoms with Gasteiger partial charge in [-0.3, -0.25) is 9.88 Å². The summed E-state index contributed by atoms with van der Waals surface area (Å²) in [6.07, 6.45) is 5.13. The molecule has 0 saturated carbocycles. The number of rotatable bonds is 15. The van der Waals surface area contributed by atoms with Crippen LogP contribution in [-0.2, 0) is 0 Å². The van der Waals surface area contributed by atoms with Gasteiger partial charge >= 0.3 is 0 Å². The number of hydrazine groups is 1.